The Morgan fingerprint density at radius 2 is 2.25 bits per heavy atom. The highest BCUT2D eigenvalue weighted by atomic mass is 35.5. The van der Waals surface area contributed by atoms with Crippen LogP contribution in [0.3, 0.4) is 0 Å². The predicted octanol–water partition coefficient (Wildman–Crippen LogP) is 1.93. The van der Waals surface area contributed by atoms with Crippen LogP contribution in [0.25, 0.3) is 5.69 Å². The number of hydrogen-bond acceptors (Lipinski definition) is 3. The largest absolute Gasteiger partial charge is 0.476 e. The molecule has 0 radical (unpaired) electrons. The minimum atomic E-state index is -1.09. The lowest BCUT2D eigenvalue weighted by Crippen LogP contribution is -2.08. The van der Waals surface area contributed by atoms with Crippen molar-refractivity contribution in [2.75, 3.05) is 0 Å². The minimum absolute atomic E-state index is 0.0208. The Kier molecular flexibility index (Phi) is 2.62. The Labute approximate surface area is 96.3 Å². The van der Waals surface area contributed by atoms with Gasteiger partial charge < -0.3 is 5.11 Å². The maximum absolute atomic E-state index is 10.9. The number of carboxylic acids is 1. The monoisotopic (exact) mass is 237 g/mol. The van der Waals surface area contributed by atoms with Gasteiger partial charge in [0.1, 0.15) is 0 Å². The van der Waals surface area contributed by atoms with Crippen LogP contribution in [0.15, 0.2) is 24.4 Å². The summed E-state index contributed by atoms with van der Waals surface area (Å²) in [5, 5.41) is 16.6. The average molecular weight is 238 g/mol. The van der Waals surface area contributed by atoms with Crippen molar-refractivity contribution >= 4 is 17.6 Å². The van der Waals surface area contributed by atoms with Gasteiger partial charge in [0.2, 0.25) is 0 Å². The molecule has 1 aromatic carbocycles. The van der Waals surface area contributed by atoms with Crippen molar-refractivity contribution in [3.05, 3.63) is 40.7 Å². The molecule has 0 aliphatic rings. The molecular weight excluding hydrogens is 230 g/mol. The van der Waals surface area contributed by atoms with Crippen molar-refractivity contribution in [1.29, 1.82) is 0 Å². The van der Waals surface area contributed by atoms with E-state index in [9.17, 15) is 4.79 Å². The van der Waals surface area contributed by atoms with E-state index < -0.39 is 5.97 Å². The van der Waals surface area contributed by atoms with E-state index in [-0.39, 0.29) is 5.69 Å². The van der Waals surface area contributed by atoms with Crippen LogP contribution < -0.4 is 0 Å². The molecule has 1 N–H and O–H groups in total. The molecule has 0 unspecified atom stereocenters. The van der Waals surface area contributed by atoms with Crippen LogP contribution in [-0.2, 0) is 0 Å². The van der Waals surface area contributed by atoms with Crippen LogP contribution in [0.2, 0.25) is 5.02 Å². The van der Waals surface area contributed by atoms with Gasteiger partial charge in [0.25, 0.3) is 0 Å². The number of benzene rings is 1. The summed E-state index contributed by atoms with van der Waals surface area (Å²) >= 11 is 5.98. The number of aromatic carboxylic acids is 1. The van der Waals surface area contributed by atoms with E-state index in [1.807, 2.05) is 13.0 Å². The highest BCUT2D eigenvalue weighted by Gasteiger charge is 2.15. The summed E-state index contributed by atoms with van der Waals surface area (Å²) < 4.78 is 1.21. The maximum Gasteiger partial charge on any atom is 0.356 e. The molecule has 6 heteroatoms. The van der Waals surface area contributed by atoms with E-state index in [1.165, 1.54) is 10.9 Å². The van der Waals surface area contributed by atoms with E-state index in [1.54, 1.807) is 12.1 Å². The van der Waals surface area contributed by atoms with Gasteiger partial charge in [0.05, 0.1) is 16.9 Å². The van der Waals surface area contributed by atoms with Crippen molar-refractivity contribution in [3.63, 3.8) is 0 Å². The number of nitrogens with zero attached hydrogens (tertiary/aromatic N) is 3. The van der Waals surface area contributed by atoms with E-state index in [2.05, 4.69) is 10.3 Å². The van der Waals surface area contributed by atoms with E-state index in [0.717, 1.165) is 5.56 Å². The summed E-state index contributed by atoms with van der Waals surface area (Å²) in [6.45, 7) is 1.89. The molecule has 0 atom stereocenters. The molecule has 5 nitrogen and oxygen atoms in total. The normalized spacial score (nSPS) is 10.4. The number of aromatic nitrogens is 3. The number of carboxylic acid groups (broad SMARTS) is 1. The standard InChI is InChI=1S/C10H8ClN3O2/c1-6-2-3-7(11)8(4-6)14-9(10(15)16)5-12-13-14/h2-5H,1H3,(H,15,16). The molecule has 0 aliphatic heterocycles. The van der Waals surface area contributed by atoms with Crippen LogP contribution in [0.1, 0.15) is 16.1 Å². The Bertz CT molecular complexity index is 551. The highest BCUT2D eigenvalue weighted by Crippen LogP contribution is 2.21. The van der Waals surface area contributed by atoms with Crippen LogP contribution in [0, 0.1) is 6.92 Å². The third-order valence-corrected chi connectivity index (χ3v) is 2.42. The van der Waals surface area contributed by atoms with Crippen LogP contribution in [0.4, 0.5) is 0 Å². The summed E-state index contributed by atoms with van der Waals surface area (Å²) in [4.78, 5) is 10.9. The van der Waals surface area contributed by atoms with Crippen molar-refractivity contribution in [3.8, 4) is 5.69 Å². The fourth-order valence-corrected chi connectivity index (χ4v) is 1.54. The Hall–Kier alpha value is -1.88. The smallest absolute Gasteiger partial charge is 0.356 e. The molecule has 1 heterocycles. The molecule has 0 aliphatic carbocycles. The van der Waals surface area contributed by atoms with Crippen molar-refractivity contribution in [1.82, 2.24) is 15.0 Å². The topological polar surface area (TPSA) is 68.0 Å². The number of halogens is 1. The molecule has 0 amide bonds. The second-order valence-corrected chi connectivity index (χ2v) is 3.70. The first-order chi connectivity index (χ1) is 7.59. The first kappa shape index (κ1) is 10.6. The molecule has 82 valence electrons. The number of aryl methyl sites for hydroxylation is 1. The summed E-state index contributed by atoms with van der Waals surface area (Å²) in [7, 11) is 0. The van der Waals surface area contributed by atoms with Gasteiger partial charge in [-0.05, 0) is 24.6 Å². The SMILES string of the molecule is Cc1ccc(Cl)c(-n2nncc2C(=O)O)c1. The fourth-order valence-electron chi connectivity index (χ4n) is 1.34. The third-order valence-electron chi connectivity index (χ3n) is 2.10. The fraction of sp³-hybridized carbons (Fsp3) is 0.100. The lowest BCUT2D eigenvalue weighted by Gasteiger charge is -2.06. The summed E-state index contributed by atoms with van der Waals surface area (Å²) in [6, 6.07) is 5.28. The lowest BCUT2D eigenvalue weighted by atomic mass is 10.2. The quantitative estimate of drug-likeness (QED) is 0.867. The average Bonchev–Trinajstić information content (AvgIpc) is 2.70. The van der Waals surface area contributed by atoms with E-state index >= 15 is 0 Å². The first-order valence-corrected chi connectivity index (χ1v) is 4.88. The lowest BCUT2D eigenvalue weighted by molar-refractivity contribution is 0.0687. The Morgan fingerprint density at radius 1 is 1.50 bits per heavy atom. The second kappa shape index (κ2) is 3.94. The van der Waals surface area contributed by atoms with Crippen molar-refractivity contribution in [2.45, 2.75) is 6.92 Å². The zero-order valence-corrected chi connectivity index (χ0v) is 9.14. The molecule has 1 aromatic heterocycles. The number of hydrogen-bond donors (Lipinski definition) is 1. The van der Waals surface area contributed by atoms with E-state index in [4.69, 9.17) is 16.7 Å². The molecule has 0 fully saturated rings. The van der Waals surface area contributed by atoms with Gasteiger partial charge in [-0.3, -0.25) is 0 Å². The van der Waals surface area contributed by atoms with Crippen LogP contribution in [0.5, 0.6) is 0 Å². The minimum Gasteiger partial charge on any atom is -0.476 e. The zero-order chi connectivity index (χ0) is 11.7. The van der Waals surface area contributed by atoms with Crippen molar-refractivity contribution in [2.24, 2.45) is 0 Å². The first-order valence-electron chi connectivity index (χ1n) is 4.50. The predicted molar refractivity (Wildman–Crippen MR) is 58.1 cm³/mol. The molecule has 16 heavy (non-hydrogen) atoms. The molecule has 2 rings (SSSR count). The highest BCUT2D eigenvalue weighted by molar-refractivity contribution is 6.32. The summed E-state index contributed by atoms with van der Waals surface area (Å²) in [6.07, 6.45) is 1.18. The van der Waals surface area contributed by atoms with Crippen LogP contribution in [-0.4, -0.2) is 26.1 Å². The molecule has 0 saturated carbocycles. The third kappa shape index (κ3) is 1.77. The molecular formula is C10H8ClN3O2. The molecule has 0 spiro atoms. The maximum atomic E-state index is 10.9. The number of rotatable bonds is 2. The summed E-state index contributed by atoms with van der Waals surface area (Å²) in [5.41, 5.74) is 1.45. The second-order valence-electron chi connectivity index (χ2n) is 3.29. The van der Waals surface area contributed by atoms with Crippen molar-refractivity contribution < 1.29 is 9.90 Å². The van der Waals surface area contributed by atoms with Gasteiger partial charge in [-0.25, -0.2) is 9.48 Å². The Balaban J connectivity index is 2.62. The zero-order valence-electron chi connectivity index (χ0n) is 8.38. The number of carbonyl (C=O) groups is 1. The Morgan fingerprint density at radius 3 is 2.94 bits per heavy atom. The van der Waals surface area contributed by atoms with Gasteiger partial charge in [-0.2, -0.15) is 0 Å². The van der Waals surface area contributed by atoms with Gasteiger partial charge in [0, 0.05) is 0 Å². The molecule has 2 aromatic rings. The summed E-state index contributed by atoms with van der Waals surface area (Å²) in [5.74, 6) is -1.09. The molecule has 0 bridgehead atoms. The van der Waals surface area contributed by atoms with Gasteiger partial charge in [0.15, 0.2) is 5.69 Å². The van der Waals surface area contributed by atoms with E-state index in [0.29, 0.717) is 10.7 Å². The van der Waals surface area contributed by atoms with Crippen LogP contribution >= 0.6 is 11.6 Å². The van der Waals surface area contributed by atoms with Gasteiger partial charge in [-0.1, -0.05) is 22.9 Å². The van der Waals surface area contributed by atoms with Gasteiger partial charge >= 0.3 is 5.97 Å². The molecule has 0 saturated heterocycles. The van der Waals surface area contributed by atoms with Gasteiger partial charge in [-0.15, -0.1) is 5.10 Å².